The third kappa shape index (κ3) is 5.35. The van der Waals surface area contributed by atoms with E-state index in [1.54, 1.807) is 55.7 Å². The number of methoxy groups -OCH3 is 3. The summed E-state index contributed by atoms with van der Waals surface area (Å²) in [5.74, 6) is 1.32. The first-order valence-corrected chi connectivity index (χ1v) is 11.6. The summed E-state index contributed by atoms with van der Waals surface area (Å²) >= 11 is 0. The molecule has 0 saturated heterocycles. The number of fused-ring (bicyclic) bond motifs is 1. The highest BCUT2D eigenvalue weighted by atomic mass is 16.5. The predicted octanol–water partition coefficient (Wildman–Crippen LogP) is 5.11. The second-order valence-electron chi connectivity index (χ2n) is 9.23. The van der Waals surface area contributed by atoms with Crippen LogP contribution in [-0.4, -0.2) is 38.6 Å². The van der Waals surface area contributed by atoms with Crippen molar-refractivity contribution in [1.29, 1.82) is 0 Å². The zero-order chi connectivity index (χ0) is 25.9. The highest BCUT2D eigenvalue weighted by Crippen LogP contribution is 2.32. The lowest BCUT2D eigenvalue weighted by Gasteiger charge is -2.35. The number of amides is 1. The topological polar surface area (TPSA) is 85.9 Å². The molecular weight excluding hydrogens is 456 g/mol. The molecule has 0 aromatic heterocycles. The maximum atomic E-state index is 13.1. The molecule has 7 nitrogen and oxygen atoms in total. The highest BCUT2D eigenvalue weighted by Gasteiger charge is 2.28. The summed E-state index contributed by atoms with van der Waals surface area (Å²) in [5, 5.41) is 6.33. The van der Waals surface area contributed by atoms with Gasteiger partial charge in [0.05, 0.1) is 21.3 Å². The molecule has 1 amide bonds. The van der Waals surface area contributed by atoms with Crippen molar-refractivity contribution in [3.63, 3.8) is 0 Å². The number of ether oxygens (including phenoxy) is 3. The zero-order valence-electron chi connectivity index (χ0n) is 21.1. The summed E-state index contributed by atoms with van der Waals surface area (Å²) in [6.45, 7) is 4.21. The Kier molecular flexibility index (Phi) is 7.01. The third-order valence-corrected chi connectivity index (χ3v) is 6.06. The molecule has 0 radical (unpaired) electrons. The predicted molar refractivity (Wildman–Crippen MR) is 140 cm³/mol. The Morgan fingerprint density at radius 1 is 0.861 bits per heavy atom. The molecule has 186 valence electrons. The van der Waals surface area contributed by atoms with E-state index >= 15 is 0 Å². The molecule has 0 fully saturated rings. The number of ketones is 1. The fraction of sp³-hybridized carbons (Fsp3) is 0.241. The molecule has 3 aromatic carbocycles. The number of nitrogens with one attached hydrogen (secondary N) is 2. The summed E-state index contributed by atoms with van der Waals surface area (Å²) in [6.07, 6.45) is 2.46. The van der Waals surface area contributed by atoms with E-state index in [4.69, 9.17) is 14.2 Å². The largest absolute Gasteiger partial charge is 0.497 e. The molecule has 4 rings (SSSR count). The first kappa shape index (κ1) is 24.9. The number of benzene rings is 3. The minimum atomic E-state index is -0.295. The Morgan fingerprint density at radius 3 is 2.22 bits per heavy atom. The molecule has 0 bridgehead atoms. The third-order valence-electron chi connectivity index (χ3n) is 6.06. The van der Waals surface area contributed by atoms with Gasteiger partial charge in [0.1, 0.15) is 5.75 Å². The van der Waals surface area contributed by atoms with E-state index in [2.05, 4.69) is 24.5 Å². The van der Waals surface area contributed by atoms with Crippen LogP contribution in [0.4, 0.5) is 5.69 Å². The van der Waals surface area contributed by atoms with Crippen molar-refractivity contribution >= 4 is 23.1 Å². The molecule has 3 aromatic rings. The standard InChI is InChI=1S/C29H30N2O5/c1-29(2)17-20-8-12-22(34-3)15-23(20)24(31-29)16-25(32)18-6-10-21(11-7-18)30-28(33)19-9-13-26(35-4)27(14-19)36-5/h6-16,31H,17H2,1-5H3,(H,30,33). The van der Waals surface area contributed by atoms with Crippen molar-refractivity contribution in [2.75, 3.05) is 26.6 Å². The number of hydrogen-bond acceptors (Lipinski definition) is 6. The van der Waals surface area contributed by atoms with Crippen LogP contribution in [-0.2, 0) is 6.42 Å². The Morgan fingerprint density at radius 2 is 1.56 bits per heavy atom. The highest BCUT2D eigenvalue weighted by molar-refractivity contribution is 6.09. The molecule has 0 atom stereocenters. The molecule has 36 heavy (non-hydrogen) atoms. The molecule has 7 heteroatoms. The zero-order valence-corrected chi connectivity index (χ0v) is 21.1. The van der Waals surface area contributed by atoms with Gasteiger partial charge in [0.2, 0.25) is 0 Å². The summed E-state index contributed by atoms with van der Waals surface area (Å²) in [7, 11) is 4.68. The Hall–Kier alpha value is -4.26. The molecule has 2 N–H and O–H groups in total. The SMILES string of the molecule is COc1ccc2c(c1)C(=CC(=O)c1ccc(NC(=O)c3ccc(OC)c(OC)c3)cc1)NC(C)(C)C2. The van der Waals surface area contributed by atoms with Gasteiger partial charge in [0.25, 0.3) is 5.91 Å². The smallest absolute Gasteiger partial charge is 0.255 e. The summed E-state index contributed by atoms with van der Waals surface area (Å²) < 4.78 is 15.9. The lowest BCUT2D eigenvalue weighted by atomic mass is 9.85. The fourth-order valence-corrected chi connectivity index (χ4v) is 4.27. The van der Waals surface area contributed by atoms with Gasteiger partial charge in [-0.2, -0.15) is 0 Å². The number of allylic oxidation sites excluding steroid dienone is 1. The number of anilines is 1. The Labute approximate surface area is 211 Å². The molecule has 0 aliphatic carbocycles. The Bertz CT molecular complexity index is 1330. The van der Waals surface area contributed by atoms with Crippen LogP contribution in [0.1, 0.15) is 45.7 Å². The van der Waals surface area contributed by atoms with E-state index in [1.165, 1.54) is 14.2 Å². The van der Waals surface area contributed by atoms with Gasteiger partial charge in [0, 0.05) is 39.7 Å². The van der Waals surface area contributed by atoms with Crippen LogP contribution in [0, 0.1) is 0 Å². The number of hydrogen-bond donors (Lipinski definition) is 2. The lowest BCUT2D eigenvalue weighted by Crippen LogP contribution is -2.43. The number of carbonyl (C=O) groups is 2. The fourth-order valence-electron chi connectivity index (χ4n) is 4.27. The van der Waals surface area contributed by atoms with Gasteiger partial charge < -0.3 is 24.8 Å². The second-order valence-corrected chi connectivity index (χ2v) is 9.23. The van der Waals surface area contributed by atoms with Gasteiger partial charge in [-0.15, -0.1) is 0 Å². The lowest BCUT2D eigenvalue weighted by molar-refractivity contribution is 0.102. The molecule has 1 heterocycles. The summed E-state index contributed by atoms with van der Waals surface area (Å²) in [5.41, 5.74) is 4.21. The molecule has 0 spiro atoms. The van der Waals surface area contributed by atoms with Gasteiger partial charge >= 0.3 is 0 Å². The van der Waals surface area contributed by atoms with Crippen LogP contribution in [0.5, 0.6) is 17.2 Å². The van der Waals surface area contributed by atoms with Gasteiger partial charge in [-0.25, -0.2) is 0 Å². The van der Waals surface area contributed by atoms with E-state index in [9.17, 15) is 9.59 Å². The van der Waals surface area contributed by atoms with Crippen LogP contribution >= 0.6 is 0 Å². The number of rotatable bonds is 7. The van der Waals surface area contributed by atoms with Gasteiger partial charge in [-0.05, 0) is 80.4 Å². The molecule has 1 aliphatic heterocycles. The first-order valence-electron chi connectivity index (χ1n) is 11.6. The van der Waals surface area contributed by atoms with Crippen molar-refractivity contribution in [2.24, 2.45) is 0 Å². The van der Waals surface area contributed by atoms with Crippen LogP contribution in [0.25, 0.3) is 5.70 Å². The van der Waals surface area contributed by atoms with Gasteiger partial charge in [-0.3, -0.25) is 9.59 Å². The number of carbonyl (C=O) groups excluding carboxylic acids is 2. The van der Waals surface area contributed by atoms with Crippen molar-refractivity contribution in [3.8, 4) is 17.2 Å². The van der Waals surface area contributed by atoms with Crippen LogP contribution in [0.2, 0.25) is 0 Å². The summed E-state index contributed by atoms with van der Waals surface area (Å²) in [4.78, 5) is 25.8. The van der Waals surface area contributed by atoms with E-state index in [0.717, 1.165) is 29.0 Å². The van der Waals surface area contributed by atoms with Crippen LogP contribution in [0.3, 0.4) is 0 Å². The first-order chi connectivity index (χ1) is 17.2. The minimum Gasteiger partial charge on any atom is -0.497 e. The van der Waals surface area contributed by atoms with Crippen LogP contribution < -0.4 is 24.8 Å². The minimum absolute atomic E-state index is 0.137. The molecule has 0 saturated carbocycles. The van der Waals surface area contributed by atoms with E-state index in [0.29, 0.717) is 28.3 Å². The van der Waals surface area contributed by atoms with Crippen molar-refractivity contribution in [2.45, 2.75) is 25.8 Å². The molecule has 1 aliphatic rings. The second kappa shape index (κ2) is 10.2. The average Bonchev–Trinajstić information content (AvgIpc) is 2.87. The van der Waals surface area contributed by atoms with Crippen molar-refractivity contribution < 1.29 is 23.8 Å². The van der Waals surface area contributed by atoms with Gasteiger partial charge in [0.15, 0.2) is 17.3 Å². The maximum absolute atomic E-state index is 13.1. The Balaban J connectivity index is 1.52. The maximum Gasteiger partial charge on any atom is 0.255 e. The van der Waals surface area contributed by atoms with E-state index in [-0.39, 0.29) is 17.2 Å². The van der Waals surface area contributed by atoms with Crippen molar-refractivity contribution in [3.05, 3.63) is 89.0 Å². The van der Waals surface area contributed by atoms with E-state index < -0.39 is 0 Å². The molecular formula is C29H30N2O5. The van der Waals surface area contributed by atoms with Crippen LogP contribution in [0.15, 0.2) is 66.7 Å². The van der Waals surface area contributed by atoms with Gasteiger partial charge in [-0.1, -0.05) is 6.07 Å². The monoisotopic (exact) mass is 486 g/mol. The van der Waals surface area contributed by atoms with E-state index in [1.807, 2.05) is 18.2 Å². The normalized spacial score (nSPS) is 14.9. The molecule has 0 unspecified atom stereocenters. The average molecular weight is 487 g/mol. The summed E-state index contributed by atoms with van der Waals surface area (Å²) in [6, 6.07) is 17.7. The van der Waals surface area contributed by atoms with Crippen molar-refractivity contribution in [1.82, 2.24) is 5.32 Å². The quantitative estimate of drug-likeness (QED) is 0.356.